The summed E-state index contributed by atoms with van der Waals surface area (Å²) in [7, 11) is 1.72. The van der Waals surface area contributed by atoms with Crippen LogP contribution in [0, 0.1) is 0 Å². The molecule has 1 rings (SSSR count). The quantitative estimate of drug-likeness (QED) is 0.725. The van der Waals surface area contributed by atoms with Crippen LogP contribution in [0.1, 0.15) is 26.0 Å². The average molecular weight is 230 g/mol. The molecule has 2 N–H and O–H groups in total. The summed E-state index contributed by atoms with van der Waals surface area (Å²) in [5.41, 5.74) is 0.856. The van der Waals surface area contributed by atoms with Gasteiger partial charge in [-0.15, -0.1) is 0 Å². The van der Waals surface area contributed by atoms with Crippen molar-refractivity contribution in [3.63, 3.8) is 0 Å². The third-order valence-corrected chi connectivity index (χ3v) is 3.06. The molecule has 0 bridgehead atoms. The van der Waals surface area contributed by atoms with E-state index in [2.05, 4.69) is 24.1 Å². The molecule has 15 heavy (non-hydrogen) atoms. The van der Waals surface area contributed by atoms with Crippen LogP contribution in [0.2, 0.25) is 0 Å². The van der Waals surface area contributed by atoms with Gasteiger partial charge in [-0.05, 0) is 26.8 Å². The maximum atomic E-state index is 10.8. The van der Waals surface area contributed by atoms with Gasteiger partial charge in [0.1, 0.15) is 0 Å². The zero-order valence-electron chi connectivity index (χ0n) is 9.42. The van der Waals surface area contributed by atoms with Crippen molar-refractivity contribution < 1.29 is 4.74 Å². The third kappa shape index (κ3) is 4.59. The van der Waals surface area contributed by atoms with Crippen molar-refractivity contribution in [1.29, 1.82) is 0 Å². The normalized spacial score (nSPS) is 11.9. The zero-order chi connectivity index (χ0) is 11.3. The van der Waals surface area contributed by atoms with Crippen molar-refractivity contribution in [2.75, 3.05) is 13.7 Å². The maximum Gasteiger partial charge on any atom is 0.304 e. The lowest BCUT2D eigenvalue weighted by Crippen LogP contribution is -2.28. The summed E-state index contributed by atoms with van der Waals surface area (Å²) in [6, 6.07) is 0. The first-order valence-electron chi connectivity index (χ1n) is 4.96. The fourth-order valence-corrected chi connectivity index (χ4v) is 1.70. The third-order valence-electron chi connectivity index (χ3n) is 2.34. The Morgan fingerprint density at radius 1 is 1.60 bits per heavy atom. The van der Waals surface area contributed by atoms with Crippen LogP contribution in [0.5, 0.6) is 0 Å². The Morgan fingerprint density at radius 3 is 2.87 bits per heavy atom. The van der Waals surface area contributed by atoms with E-state index in [0.717, 1.165) is 18.7 Å². The SMILES string of the molecule is COC(C)(C)CCNCc1csc(=O)[nH]1. The molecular formula is C10H18N2O2S. The highest BCUT2D eigenvalue weighted by molar-refractivity contribution is 7.07. The monoisotopic (exact) mass is 230 g/mol. The molecule has 1 heterocycles. The summed E-state index contributed by atoms with van der Waals surface area (Å²) >= 11 is 1.20. The van der Waals surface area contributed by atoms with Crippen molar-refractivity contribution >= 4 is 11.3 Å². The first-order valence-corrected chi connectivity index (χ1v) is 5.84. The summed E-state index contributed by atoms with van der Waals surface area (Å²) in [6.45, 7) is 5.69. The van der Waals surface area contributed by atoms with Crippen molar-refractivity contribution in [2.45, 2.75) is 32.4 Å². The Kier molecular flexibility index (Phi) is 4.50. The van der Waals surface area contributed by atoms with E-state index in [1.54, 1.807) is 7.11 Å². The molecular weight excluding hydrogens is 212 g/mol. The van der Waals surface area contributed by atoms with E-state index < -0.39 is 0 Å². The van der Waals surface area contributed by atoms with Gasteiger partial charge in [-0.2, -0.15) is 0 Å². The van der Waals surface area contributed by atoms with Gasteiger partial charge >= 0.3 is 4.87 Å². The number of thiazole rings is 1. The minimum atomic E-state index is -0.0882. The lowest BCUT2D eigenvalue weighted by atomic mass is 10.1. The second-order valence-electron chi connectivity index (χ2n) is 4.06. The van der Waals surface area contributed by atoms with E-state index in [1.807, 2.05) is 5.38 Å². The Hall–Kier alpha value is -0.650. The van der Waals surface area contributed by atoms with Crippen molar-refractivity contribution in [3.8, 4) is 0 Å². The molecule has 0 aromatic carbocycles. The van der Waals surface area contributed by atoms with Crippen molar-refractivity contribution in [1.82, 2.24) is 10.3 Å². The van der Waals surface area contributed by atoms with Gasteiger partial charge in [-0.3, -0.25) is 4.79 Å². The van der Waals surface area contributed by atoms with E-state index in [0.29, 0.717) is 6.54 Å². The smallest absolute Gasteiger partial charge is 0.304 e. The number of H-pyrrole nitrogens is 1. The molecule has 0 radical (unpaired) electrons. The van der Waals surface area contributed by atoms with Crippen LogP contribution in [-0.4, -0.2) is 24.2 Å². The predicted octanol–water partition coefficient (Wildman–Crippen LogP) is 1.34. The molecule has 0 aliphatic heterocycles. The molecule has 0 spiro atoms. The Balaban J connectivity index is 2.20. The van der Waals surface area contributed by atoms with Crippen molar-refractivity contribution in [3.05, 3.63) is 20.7 Å². The topological polar surface area (TPSA) is 54.1 Å². The van der Waals surface area contributed by atoms with Gasteiger partial charge in [-0.1, -0.05) is 11.3 Å². The van der Waals surface area contributed by atoms with E-state index in [4.69, 9.17) is 4.74 Å². The number of aromatic nitrogens is 1. The van der Waals surface area contributed by atoms with Crippen LogP contribution in [-0.2, 0) is 11.3 Å². The molecule has 1 aromatic rings. The molecule has 0 atom stereocenters. The van der Waals surface area contributed by atoms with Crippen LogP contribution in [0.3, 0.4) is 0 Å². The molecule has 0 saturated carbocycles. The Labute approximate surface area is 93.7 Å². The Morgan fingerprint density at radius 2 is 2.33 bits per heavy atom. The average Bonchev–Trinajstić information content (AvgIpc) is 2.59. The molecule has 0 aliphatic rings. The number of ether oxygens (including phenoxy) is 1. The summed E-state index contributed by atoms with van der Waals surface area (Å²) in [6.07, 6.45) is 0.942. The largest absolute Gasteiger partial charge is 0.379 e. The van der Waals surface area contributed by atoms with E-state index in [1.165, 1.54) is 11.3 Å². The first-order chi connectivity index (χ1) is 7.03. The van der Waals surface area contributed by atoms with E-state index >= 15 is 0 Å². The molecule has 0 fully saturated rings. The fraction of sp³-hybridized carbons (Fsp3) is 0.700. The van der Waals surface area contributed by atoms with Crippen LogP contribution in [0.25, 0.3) is 0 Å². The summed E-state index contributed by atoms with van der Waals surface area (Å²) in [4.78, 5) is 13.6. The van der Waals surface area contributed by atoms with E-state index in [-0.39, 0.29) is 10.5 Å². The predicted molar refractivity (Wildman–Crippen MR) is 62.4 cm³/mol. The highest BCUT2D eigenvalue weighted by atomic mass is 32.1. The maximum absolute atomic E-state index is 10.8. The Bertz CT molecular complexity index is 343. The van der Waals surface area contributed by atoms with Crippen molar-refractivity contribution in [2.24, 2.45) is 0 Å². The lowest BCUT2D eigenvalue weighted by molar-refractivity contribution is 0.0158. The number of rotatable bonds is 6. The van der Waals surface area contributed by atoms with Gasteiger partial charge in [0.15, 0.2) is 0 Å². The molecule has 5 heteroatoms. The number of hydrogen-bond donors (Lipinski definition) is 2. The number of nitrogens with one attached hydrogen (secondary N) is 2. The van der Waals surface area contributed by atoms with Gasteiger partial charge in [0, 0.05) is 24.7 Å². The van der Waals surface area contributed by atoms with Gasteiger partial charge < -0.3 is 15.0 Å². The molecule has 0 unspecified atom stereocenters. The molecule has 0 saturated heterocycles. The molecule has 0 amide bonds. The molecule has 1 aromatic heterocycles. The summed E-state index contributed by atoms with van der Waals surface area (Å²) in [5.74, 6) is 0. The van der Waals surface area contributed by atoms with Crippen LogP contribution < -0.4 is 10.2 Å². The minimum absolute atomic E-state index is 0.00372. The lowest BCUT2D eigenvalue weighted by Gasteiger charge is -2.22. The number of aromatic amines is 1. The molecule has 86 valence electrons. The minimum Gasteiger partial charge on any atom is -0.379 e. The fourth-order valence-electron chi connectivity index (χ4n) is 1.12. The summed E-state index contributed by atoms with van der Waals surface area (Å²) < 4.78 is 5.30. The second-order valence-corrected chi connectivity index (χ2v) is 4.91. The first kappa shape index (κ1) is 12.4. The standard InChI is InChI=1S/C10H18N2O2S/c1-10(2,14-3)4-5-11-6-8-7-15-9(13)12-8/h7,11H,4-6H2,1-3H3,(H,12,13). The molecule has 0 aliphatic carbocycles. The highest BCUT2D eigenvalue weighted by Crippen LogP contribution is 2.11. The highest BCUT2D eigenvalue weighted by Gasteiger charge is 2.14. The van der Waals surface area contributed by atoms with Gasteiger partial charge in [0.05, 0.1) is 5.60 Å². The van der Waals surface area contributed by atoms with Gasteiger partial charge in [0.2, 0.25) is 0 Å². The second kappa shape index (κ2) is 5.44. The van der Waals surface area contributed by atoms with E-state index in [9.17, 15) is 4.79 Å². The van der Waals surface area contributed by atoms with Gasteiger partial charge in [-0.25, -0.2) is 0 Å². The number of methoxy groups -OCH3 is 1. The summed E-state index contributed by atoms with van der Waals surface area (Å²) in [5, 5.41) is 5.11. The van der Waals surface area contributed by atoms with Gasteiger partial charge in [0.25, 0.3) is 0 Å². The number of hydrogen-bond acceptors (Lipinski definition) is 4. The van der Waals surface area contributed by atoms with Crippen LogP contribution >= 0.6 is 11.3 Å². The van der Waals surface area contributed by atoms with Crippen LogP contribution in [0.15, 0.2) is 10.2 Å². The molecule has 4 nitrogen and oxygen atoms in total. The zero-order valence-corrected chi connectivity index (χ0v) is 10.2. The van der Waals surface area contributed by atoms with Crippen LogP contribution in [0.4, 0.5) is 0 Å².